The molecular formula is C13H11F5N3O4P. The van der Waals surface area contributed by atoms with E-state index in [1.165, 1.54) is 31.4 Å². The van der Waals surface area contributed by atoms with Gasteiger partial charge in [0.2, 0.25) is 34.8 Å². The van der Waals surface area contributed by atoms with Crippen molar-refractivity contribution in [2.24, 2.45) is 11.0 Å². The molecule has 0 fully saturated rings. The summed E-state index contributed by atoms with van der Waals surface area (Å²) in [6, 6.07) is 5.24. The Bertz CT molecular complexity index is 833. The first-order valence-corrected chi connectivity index (χ1v) is 8.35. The van der Waals surface area contributed by atoms with Gasteiger partial charge in [0.05, 0.1) is 7.11 Å². The average molecular weight is 399 g/mol. The molecule has 13 heteroatoms. The molecule has 0 saturated carbocycles. The van der Waals surface area contributed by atoms with Gasteiger partial charge in [0, 0.05) is 0 Å². The zero-order chi connectivity index (χ0) is 19.6. The summed E-state index contributed by atoms with van der Waals surface area (Å²) in [6.45, 7) is 0. The van der Waals surface area contributed by atoms with Gasteiger partial charge in [-0.2, -0.15) is 8.78 Å². The second-order valence-corrected chi connectivity index (χ2v) is 6.34. The minimum Gasteiger partial charge on any atom is -0.497 e. The number of benzene rings is 2. The van der Waals surface area contributed by atoms with Gasteiger partial charge in [-0.3, -0.25) is 15.6 Å². The molecule has 0 saturated heterocycles. The molecule has 0 bridgehead atoms. The lowest BCUT2D eigenvalue weighted by molar-refractivity contribution is -0.182. The van der Waals surface area contributed by atoms with Crippen LogP contribution in [0.15, 0.2) is 24.3 Å². The van der Waals surface area contributed by atoms with Gasteiger partial charge in [-0.05, 0) is 24.3 Å². The fourth-order valence-electron chi connectivity index (χ4n) is 1.62. The molecule has 26 heavy (non-hydrogen) atoms. The normalized spacial score (nSPS) is 11.6. The molecule has 0 atom stereocenters. The minimum absolute atomic E-state index is 0.147. The van der Waals surface area contributed by atoms with Crippen LogP contribution >= 0.6 is 7.59 Å². The lowest BCUT2D eigenvalue weighted by Gasteiger charge is -2.24. The van der Waals surface area contributed by atoms with Crippen molar-refractivity contribution < 1.29 is 40.9 Å². The van der Waals surface area contributed by atoms with Crippen molar-refractivity contribution in [3.8, 4) is 17.2 Å². The quantitative estimate of drug-likeness (QED) is 0.253. The lowest BCUT2D eigenvalue weighted by Crippen LogP contribution is -2.35. The third kappa shape index (κ3) is 4.05. The largest absolute Gasteiger partial charge is 0.497 e. The van der Waals surface area contributed by atoms with E-state index in [2.05, 4.69) is 4.84 Å². The smallest absolute Gasteiger partial charge is 0.347 e. The lowest BCUT2D eigenvalue weighted by atomic mass is 10.3. The predicted molar refractivity (Wildman–Crippen MR) is 78.3 cm³/mol. The maximum Gasteiger partial charge on any atom is 0.347 e. The number of methoxy groups -OCH3 is 1. The van der Waals surface area contributed by atoms with E-state index in [0.717, 1.165) is 0 Å². The third-order valence-electron chi connectivity index (χ3n) is 2.84. The Kier molecular flexibility index (Phi) is 5.71. The van der Waals surface area contributed by atoms with E-state index in [1.54, 1.807) is 0 Å². The predicted octanol–water partition coefficient (Wildman–Crippen LogP) is 3.01. The van der Waals surface area contributed by atoms with E-state index in [0.29, 0.717) is 5.75 Å². The van der Waals surface area contributed by atoms with Gasteiger partial charge in [-0.1, -0.05) is 0 Å². The van der Waals surface area contributed by atoms with E-state index < -0.39 is 42.4 Å². The maximum atomic E-state index is 13.7. The van der Waals surface area contributed by atoms with E-state index in [9.17, 15) is 26.5 Å². The first kappa shape index (κ1) is 19.9. The first-order chi connectivity index (χ1) is 12.1. The van der Waals surface area contributed by atoms with Gasteiger partial charge in [0.1, 0.15) is 10.7 Å². The third-order valence-corrected chi connectivity index (χ3v) is 3.51. The van der Waals surface area contributed by atoms with Gasteiger partial charge >= 0.3 is 7.59 Å². The SMILES string of the molecule is COc1ccc(ON(Oc2c(F)c(F)c(F)c(F)c2F)P(N)(N)=O)cc1. The summed E-state index contributed by atoms with van der Waals surface area (Å²) in [4.78, 5) is 9.00. The maximum absolute atomic E-state index is 13.7. The molecule has 0 amide bonds. The summed E-state index contributed by atoms with van der Waals surface area (Å²) >= 11 is 0. The van der Waals surface area contributed by atoms with Gasteiger partial charge < -0.3 is 14.4 Å². The van der Waals surface area contributed by atoms with Crippen LogP contribution in [-0.2, 0) is 4.57 Å². The molecule has 2 aromatic rings. The van der Waals surface area contributed by atoms with Crippen molar-refractivity contribution in [3.05, 3.63) is 53.4 Å². The molecular weight excluding hydrogens is 388 g/mol. The molecule has 0 aliphatic heterocycles. The van der Waals surface area contributed by atoms with Crippen molar-refractivity contribution in [1.29, 1.82) is 0 Å². The van der Waals surface area contributed by atoms with E-state index in [4.69, 9.17) is 20.6 Å². The van der Waals surface area contributed by atoms with Crippen LogP contribution in [0.25, 0.3) is 0 Å². The van der Waals surface area contributed by atoms with Crippen LogP contribution < -0.4 is 25.4 Å². The molecule has 0 unspecified atom stereocenters. The number of rotatable bonds is 6. The molecule has 0 spiro atoms. The van der Waals surface area contributed by atoms with Crippen LogP contribution in [0.4, 0.5) is 22.0 Å². The summed E-state index contributed by atoms with van der Waals surface area (Å²) in [7, 11) is -3.14. The van der Waals surface area contributed by atoms with Crippen LogP contribution in [0.1, 0.15) is 0 Å². The number of hydrogen-bond donors (Lipinski definition) is 2. The van der Waals surface area contributed by atoms with Crippen LogP contribution in [0.5, 0.6) is 17.2 Å². The Hall–Kier alpha value is -2.40. The van der Waals surface area contributed by atoms with Crippen molar-refractivity contribution >= 4 is 7.59 Å². The Morgan fingerprint density at radius 1 is 0.808 bits per heavy atom. The average Bonchev–Trinajstić information content (AvgIpc) is 2.60. The van der Waals surface area contributed by atoms with Gasteiger partial charge in [0.15, 0.2) is 5.75 Å². The van der Waals surface area contributed by atoms with Crippen molar-refractivity contribution in [1.82, 2.24) is 5.00 Å². The molecule has 0 aromatic heterocycles. The number of hydrogen-bond acceptors (Lipinski definition) is 4. The summed E-state index contributed by atoms with van der Waals surface area (Å²) in [5.74, 6) is -13.2. The summed E-state index contributed by atoms with van der Waals surface area (Å²) in [5, 5.41) is 0. The van der Waals surface area contributed by atoms with Gasteiger partial charge in [0.25, 0.3) is 0 Å². The molecule has 0 aliphatic carbocycles. The summed E-state index contributed by atoms with van der Waals surface area (Å²) < 4.78 is 83.5. The second-order valence-electron chi connectivity index (χ2n) is 4.67. The molecule has 7 nitrogen and oxygen atoms in total. The fourth-order valence-corrected chi connectivity index (χ4v) is 2.05. The van der Waals surface area contributed by atoms with E-state index in [-0.39, 0.29) is 10.7 Å². The van der Waals surface area contributed by atoms with Gasteiger partial charge in [-0.25, -0.2) is 13.2 Å². The minimum atomic E-state index is -4.52. The second kappa shape index (κ2) is 7.46. The number of ether oxygens (including phenoxy) is 1. The molecule has 0 radical (unpaired) electrons. The zero-order valence-electron chi connectivity index (χ0n) is 12.9. The topological polar surface area (TPSA) is 100 Å². The van der Waals surface area contributed by atoms with E-state index in [1.807, 2.05) is 0 Å². The molecule has 2 aromatic carbocycles. The van der Waals surface area contributed by atoms with Crippen molar-refractivity contribution in [2.45, 2.75) is 0 Å². The zero-order valence-corrected chi connectivity index (χ0v) is 13.8. The van der Waals surface area contributed by atoms with E-state index >= 15 is 0 Å². The van der Waals surface area contributed by atoms with Crippen LogP contribution in [0.2, 0.25) is 0 Å². The van der Waals surface area contributed by atoms with Crippen LogP contribution in [-0.4, -0.2) is 12.1 Å². The molecule has 0 heterocycles. The Labute approximate surface area is 143 Å². The number of nitrogens with zero attached hydrogens (tertiary/aromatic N) is 1. The monoisotopic (exact) mass is 399 g/mol. The highest BCUT2D eigenvalue weighted by Gasteiger charge is 2.34. The van der Waals surface area contributed by atoms with Crippen LogP contribution in [0, 0.1) is 29.1 Å². The molecule has 4 N–H and O–H groups in total. The summed E-state index contributed by atoms with van der Waals surface area (Å²) in [6.07, 6.45) is 0. The Morgan fingerprint density at radius 2 is 1.23 bits per heavy atom. The van der Waals surface area contributed by atoms with Gasteiger partial charge in [-0.15, -0.1) is 0 Å². The Balaban J connectivity index is 2.39. The summed E-state index contributed by atoms with van der Waals surface area (Å²) in [5.41, 5.74) is 10.2. The van der Waals surface area contributed by atoms with Crippen molar-refractivity contribution in [2.75, 3.05) is 7.11 Å². The van der Waals surface area contributed by atoms with Crippen molar-refractivity contribution in [3.63, 3.8) is 0 Å². The fraction of sp³-hybridized carbons (Fsp3) is 0.0769. The highest BCUT2D eigenvalue weighted by Crippen LogP contribution is 2.37. The number of halogens is 5. The first-order valence-electron chi connectivity index (χ1n) is 6.55. The molecule has 0 aliphatic rings. The highest BCUT2D eigenvalue weighted by molar-refractivity contribution is 7.56. The standard InChI is InChI=1S/C13H11F5N3O4P/c1-23-6-2-4-7(5-3-6)24-21(26(19,20)22)25-13-11(17)9(15)8(14)10(16)12(13)18/h2-5H,1H3,(H4,19,20,22). The highest BCUT2D eigenvalue weighted by atomic mass is 31.2. The molecule has 2 rings (SSSR count). The molecule has 142 valence electrons. The number of nitrogens with two attached hydrogens (primary N) is 2. The Morgan fingerprint density at radius 3 is 1.65 bits per heavy atom. The van der Waals surface area contributed by atoms with Crippen LogP contribution in [0.3, 0.4) is 0 Å².